The van der Waals surface area contributed by atoms with E-state index in [1.165, 1.54) is 25.9 Å². The second-order valence-electron chi connectivity index (χ2n) is 4.78. The van der Waals surface area contributed by atoms with Gasteiger partial charge in [-0.1, -0.05) is 6.92 Å². The van der Waals surface area contributed by atoms with Crippen molar-refractivity contribution in [1.29, 1.82) is 0 Å². The molecule has 1 N–H and O–H groups in total. The molecule has 0 atom stereocenters. The van der Waals surface area contributed by atoms with E-state index in [1.807, 2.05) is 20.0 Å². The van der Waals surface area contributed by atoms with E-state index in [-0.39, 0.29) is 0 Å². The summed E-state index contributed by atoms with van der Waals surface area (Å²) < 4.78 is 0. The van der Waals surface area contributed by atoms with Gasteiger partial charge in [0.15, 0.2) is 0 Å². The summed E-state index contributed by atoms with van der Waals surface area (Å²) in [7, 11) is 0. The van der Waals surface area contributed by atoms with Crippen molar-refractivity contribution in [2.45, 2.75) is 39.7 Å². The SMILES string of the molecule is CCN1CCC(Nc2cnc(C)c(C)n2)CC1. The van der Waals surface area contributed by atoms with Crippen LogP contribution in [0.4, 0.5) is 5.82 Å². The van der Waals surface area contributed by atoms with Crippen LogP contribution in [0.2, 0.25) is 0 Å². The second-order valence-corrected chi connectivity index (χ2v) is 4.78. The molecule has 0 saturated carbocycles. The summed E-state index contributed by atoms with van der Waals surface area (Å²) in [5.41, 5.74) is 2.03. The fourth-order valence-corrected chi connectivity index (χ4v) is 2.21. The summed E-state index contributed by atoms with van der Waals surface area (Å²) in [5.74, 6) is 0.919. The van der Waals surface area contributed by atoms with Crippen LogP contribution in [0.25, 0.3) is 0 Å². The molecular formula is C13H22N4. The summed E-state index contributed by atoms with van der Waals surface area (Å²) in [6.45, 7) is 9.76. The third kappa shape index (κ3) is 3.16. The summed E-state index contributed by atoms with van der Waals surface area (Å²) in [6.07, 6.45) is 4.24. The Morgan fingerprint density at radius 3 is 2.59 bits per heavy atom. The largest absolute Gasteiger partial charge is 0.366 e. The van der Waals surface area contributed by atoms with Crippen LogP contribution in [0.1, 0.15) is 31.2 Å². The number of aromatic nitrogens is 2. The number of nitrogens with one attached hydrogen (secondary N) is 1. The lowest BCUT2D eigenvalue weighted by Gasteiger charge is -2.31. The van der Waals surface area contributed by atoms with Gasteiger partial charge < -0.3 is 10.2 Å². The molecule has 0 aliphatic carbocycles. The molecule has 0 amide bonds. The highest BCUT2D eigenvalue weighted by atomic mass is 15.1. The Balaban J connectivity index is 1.91. The first kappa shape index (κ1) is 12.3. The predicted molar refractivity (Wildman–Crippen MR) is 70.3 cm³/mol. The fourth-order valence-electron chi connectivity index (χ4n) is 2.21. The van der Waals surface area contributed by atoms with Crippen molar-refractivity contribution in [2.75, 3.05) is 25.0 Å². The molecule has 1 aromatic heterocycles. The van der Waals surface area contributed by atoms with Crippen molar-refractivity contribution in [2.24, 2.45) is 0 Å². The van der Waals surface area contributed by atoms with Crippen LogP contribution in [0, 0.1) is 13.8 Å². The van der Waals surface area contributed by atoms with Crippen molar-refractivity contribution in [3.05, 3.63) is 17.6 Å². The van der Waals surface area contributed by atoms with Gasteiger partial charge in [-0.25, -0.2) is 4.98 Å². The van der Waals surface area contributed by atoms with Gasteiger partial charge in [-0.05, 0) is 33.2 Å². The molecule has 0 radical (unpaired) electrons. The number of nitrogens with zero attached hydrogens (tertiary/aromatic N) is 3. The van der Waals surface area contributed by atoms with Gasteiger partial charge >= 0.3 is 0 Å². The molecule has 1 aromatic rings. The van der Waals surface area contributed by atoms with E-state index in [0.717, 1.165) is 23.8 Å². The Bertz CT molecular complexity index is 370. The molecule has 1 fully saturated rings. The summed E-state index contributed by atoms with van der Waals surface area (Å²) >= 11 is 0. The minimum Gasteiger partial charge on any atom is -0.366 e. The van der Waals surface area contributed by atoms with Crippen LogP contribution in [-0.4, -0.2) is 40.5 Å². The number of likely N-dealkylation sites (tertiary alicyclic amines) is 1. The minimum atomic E-state index is 0.550. The van der Waals surface area contributed by atoms with Crippen LogP contribution in [0.3, 0.4) is 0 Å². The molecule has 1 aliphatic heterocycles. The number of rotatable bonds is 3. The Labute approximate surface area is 103 Å². The van der Waals surface area contributed by atoms with Crippen LogP contribution in [-0.2, 0) is 0 Å². The Morgan fingerprint density at radius 2 is 2.00 bits per heavy atom. The molecule has 2 heterocycles. The molecular weight excluding hydrogens is 212 g/mol. The smallest absolute Gasteiger partial charge is 0.145 e. The number of aryl methyl sites for hydroxylation is 2. The zero-order valence-corrected chi connectivity index (χ0v) is 11.0. The van der Waals surface area contributed by atoms with Gasteiger partial charge in [-0.2, -0.15) is 0 Å². The van der Waals surface area contributed by atoms with Crippen LogP contribution < -0.4 is 5.32 Å². The lowest BCUT2D eigenvalue weighted by Crippen LogP contribution is -2.39. The van der Waals surface area contributed by atoms with Crippen molar-refractivity contribution in [3.8, 4) is 0 Å². The zero-order chi connectivity index (χ0) is 12.3. The number of anilines is 1. The average molecular weight is 234 g/mol. The first-order valence-corrected chi connectivity index (χ1v) is 6.48. The van der Waals surface area contributed by atoms with Gasteiger partial charge in [0, 0.05) is 19.1 Å². The maximum atomic E-state index is 4.52. The van der Waals surface area contributed by atoms with Crippen molar-refractivity contribution >= 4 is 5.82 Å². The molecule has 17 heavy (non-hydrogen) atoms. The highest BCUT2D eigenvalue weighted by Gasteiger charge is 2.18. The highest BCUT2D eigenvalue weighted by Crippen LogP contribution is 2.15. The summed E-state index contributed by atoms with van der Waals surface area (Å²) in [4.78, 5) is 11.3. The van der Waals surface area contributed by atoms with Crippen molar-refractivity contribution in [3.63, 3.8) is 0 Å². The van der Waals surface area contributed by atoms with Gasteiger partial charge in [-0.3, -0.25) is 4.98 Å². The van der Waals surface area contributed by atoms with E-state index in [1.54, 1.807) is 0 Å². The second kappa shape index (κ2) is 5.45. The monoisotopic (exact) mass is 234 g/mol. The third-order valence-corrected chi connectivity index (χ3v) is 3.58. The van der Waals surface area contributed by atoms with E-state index in [2.05, 4.69) is 27.1 Å². The molecule has 4 nitrogen and oxygen atoms in total. The van der Waals surface area contributed by atoms with Crippen LogP contribution in [0.5, 0.6) is 0 Å². The first-order valence-electron chi connectivity index (χ1n) is 6.48. The van der Waals surface area contributed by atoms with Gasteiger partial charge in [0.05, 0.1) is 17.6 Å². The zero-order valence-electron chi connectivity index (χ0n) is 11.0. The average Bonchev–Trinajstić information content (AvgIpc) is 2.35. The normalized spacial score (nSPS) is 18.3. The van der Waals surface area contributed by atoms with E-state index in [9.17, 15) is 0 Å². The maximum Gasteiger partial charge on any atom is 0.145 e. The molecule has 0 aromatic carbocycles. The number of hydrogen-bond donors (Lipinski definition) is 1. The Kier molecular flexibility index (Phi) is 3.94. The van der Waals surface area contributed by atoms with E-state index < -0.39 is 0 Å². The van der Waals surface area contributed by atoms with E-state index in [4.69, 9.17) is 0 Å². The van der Waals surface area contributed by atoms with E-state index in [0.29, 0.717) is 6.04 Å². The van der Waals surface area contributed by atoms with Crippen molar-refractivity contribution in [1.82, 2.24) is 14.9 Å². The van der Waals surface area contributed by atoms with Crippen LogP contribution >= 0.6 is 0 Å². The van der Waals surface area contributed by atoms with Gasteiger partial charge in [0.25, 0.3) is 0 Å². The maximum absolute atomic E-state index is 4.52. The standard InChI is InChI=1S/C13H22N4/c1-4-17-7-5-12(6-8-17)16-13-9-14-10(2)11(3)15-13/h9,12H,4-8H2,1-3H3,(H,15,16). The van der Waals surface area contributed by atoms with Crippen molar-refractivity contribution < 1.29 is 0 Å². The third-order valence-electron chi connectivity index (χ3n) is 3.58. The van der Waals surface area contributed by atoms with Gasteiger partial charge in [0.1, 0.15) is 5.82 Å². The molecule has 4 heteroatoms. The van der Waals surface area contributed by atoms with Crippen LogP contribution in [0.15, 0.2) is 6.20 Å². The number of hydrogen-bond acceptors (Lipinski definition) is 4. The highest BCUT2D eigenvalue weighted by molar-refractivity contribution is 5.34. The topological polar surface area (TPSA) is 41.0 Å². The lowest BCUT2D eigenvalue weighted by atomic mass is 10.1. The summed E-state index contributed by atoms with van der Waals surface area (Å²) in [5, 5.41) is 3.49. The van der Waals surface area contributed by atoms with E-state index >= 15 is 0 Å². The number of piperidine rings is 1. The predicted octanol–water partition coefficient (Wildman–Crippen LogP) is 1.99. The Hall–Kier alpha value is -1.16. The molecule has 0 spiro atoms. The minimum absolute atomic E-state index is 0.550. The molecule has 2 rings (SSSR count). The molecule has 94 valence electrons. The fraction of sp³-hybridized carbons (Fsp3) is 0.692. The first-order chi connectivity index (χ1) is 8.19. The molecule has 0 bridgehead atoms. The quantitative estimate of drug-likeness (QED) is 0.868. The molecule has 1 aliphatic rings. The molecule has 0 unspecified atom stereocenters. The van der Waals surface area contributed by atoms with Gasteiger partial charge in [0.2, 0.25) is 0 Å². The summed E-state index contributed by atoms with van der Waals surface area (Å²) in [6, 6.07) is 0.550. The Morgan fingerprint density at radius 1 is 1.29 bits per heavy atom. The van der Waals surface area contributed by atoms with Gasteiger partial charge in [-0.15, -0.1) is 0 Å². The lowest BCUT2D eigenvalue weighted by molar-refractivity contribution is 0.229. The molecule has 1 saturated heterocycles.